The van der Waals surface area contributed by atoms with Gasteiger partial charge in [0, 0.05) is 17.4 Å². The van der Waals surface area contributed by atoms with Gasteiger partial charge >= 0.3 is 6.36 Å². The highest BCUT2D eigenvalue weighted by atomic mass is 32.2. The van der Waals surface area contributed by atoms with Gasteiger partial charge in [0.15, 0.2) is 0 Å². The third kappa shape index (κ3) is 5.48. The number of hydrogen-bond donors (Lipinski definition) is 1. The Morgan fingerprint density at radius 1 is 1.21 bits per heavy atom. The maximum absolute atomic E-state index is 12.0. The first-order valence-electron chi connectivity index (χ1n) is 6.49. The van der Waals surface area contributed by atoms with Crippen molar-refractivity contribution in [3.63, 3.8) is 0 Å². The van der Waals surface area contributed by atoms with Gasteiger partial charge in [-0.3, -0.25) is 0 Å². The average Bonchev–Trinajstić information content (AvgIpc) is 2.37. The molecule has 0 aromatic rings. The monoisotopic (exact) mass is 293 g/mol. The molecule has 0 atom stereocenters. The van der Waals surface area contributed by atoms with E-state index in [0.717, 1.165) is 18.8 Å². The Morgan fingerprint density at radius 2 is 1.95 bits per heavy atom. The van der Waals surface area contributed by atoms with E-state index in [-0.39, 0.29) is 5.76 Å². The molecular formula is C13H18F3NOS. The topological polar surface area (TPSA) is 21.3 Å². The number of allylic oxidation sites excluding steroid dienone is 3. The first-order valence-corrected chi connectivity index (χ1v) is 7.54. The molecule has 0 spiro atoms. The van der Waals surface area contributed by atoms with Crippen molar-refractivity contribution in [1.29, 1.82) is 0 Å². The Morgan fingerprint density at radius 3 is 2.53 bits per heavy atom. The van der Waals surface area contributed by atoms with Crippen molar-refractivity contribution in [2.75, 3.05) is 18.8 Å². The van der Waals surface area contributed by atoms with E-state index >= 15 is 0 Å². The molecule has 2 rings (SSSR count). The van der Waals surface area contributed by atoms with Crippen molar-refractivity contribution in [1.82, 2.24) is 5.32 Å². The number of rotatable bonds is 4. The van der Waals surface area contributed by atoms with Gasteiger partial charge in [-0.25, -0.2) is 0 Å². The quantitative estimate of drug-likeness (QED) is 0.855. The van der Waals surface area contributed by atoms with Gasteiger partial charge in [-0.15, -0.1) is 13.2 Å². The zero-order valence-corrected chi connectivity index (χ0v) is 11.4. The third-order valence-corrected chi connectivity index (χ3v) is 4.72. The molecule has 19 heavy (non-hydrogen) atoms. The van der Waals surface area contributed by atoms with Gasteiger partial charge < -0.3 is 10.1 Å². The van der Waals surface area contributed by atoms with Crippen LogP contribution in [0.2, 0.25) is 0 Å². The van der Waals surface area contributed by atoms with E-state index in [9.17, 15) is 13.2 Å². The van der Waals surface area contributed by atoms with Gasteiger partial charge in [-0.1, -0.05) is 11.6 Å². The van der Waals surface area contributed by atoms with Crippen LogP contribution in [-0.4, -0.2) is 30.5 Å². The third-order valence-electron chi connectivity index (χ3n) is 3.23. The van der Waals surface area contributed by atoms with Crippen LogP contribution in [0.15, 0.2) is 23.5 Å². The normalized spacial score (nSPS) is 21.8. The fraction of sp³-hybridized carbons (Fsp3) is 0.692. The number of hydrogen-bond acceptors (Lipinski definition) is 3. The number of thioether (sulfide) groups is 1. The van der Waals surface area contributed by atoms with Crippen molar-refractivity contribution in [2.24, 2.45) is 0 Å². The van der Waals surface area contributed by atoms with Crippen molar-refractivity contribution in [2.45, 2.75) is 37.3 Å². The number of ether oxygens (including phenoxy) is 1. The predicted octanol–water partition coefficient (Wildman–Crippen LogP) is 3.61. The Labute approximate surface area is 115 Å². The minimum Gasteiger partial charge on any atom is -0.410 e. The van der Waals surface area contributed by atoms with E-state index in [1.54, 1.807) is 6.08 Å². The number of nitrogens with one attached hydrogen (secondary N) is 1. The van der Waals surface area contributed by atoms with Gasteiger partial charge in [0.2, 0.25) is 0 Å². The van der Waals surface area contributed by atoms with Crippen LogP contribution in [0.25, 0.3) is 0 Å². The summed E-state index contributed by atoms with van der Waals surface area (Å²) in [5, 5.41) is 4.00. The van der Waals surface area contributed by atoms with Gasteiger partial charge in [0.1, 0.15) is 5.76 Å². The highest BCUT2D eigenvalue weighted by Crippen LogP contribution is 2.30. The molecule has 6 heteroatoms. The van der Waals surface area contributed by atoms with Crippen molar-refractivity contribution < 1.29 is 17.9 Å². The van der Waals surface area contributed by atoms with Crippen LogP contribution in [-0.2, 0) is 4.74 Å². The summed E-state index contributed by atoms with van der Waals surface area (Å²) in [6.45, 7) is 2.14. The molecule has 1 heterocycles. The summed E-state index contributed by atoms with van der Waals surface area (Å²) in [4.78, 5) is 0. The summed E-state index contributed by atoms with van der Waals surface area (Å²) in [6.07, 6.45) is 2.03. The maximum Gasteiger partial charge on any atom is 0.572 e. The SMILES string of the molecule is FC(F)(F)OC1=CC=C(CSC2CCNCC2)CC1. The number of piperidine rings is 1. The van der Waals surface area contributed by atoms with Gasteiger partial charge in [-0.2, -0.15) is 11.8 Å². The van der Waals surface area contributed by atoms with Crippen LogP contribution in [0.3, 0.4) is 0 Å². The lowest BCUT2D eigenvalue weighted by atomic mass is 10.1. The second-order valence-corrected chi connectivity index (χ2v) is 6.05. The number of alkyl halides is 3. The molecule has 0 aromatic carbocycles. The minimum atomic E-state index is -4.57. The smallest absolute Gasteiger partial charge is 0.410 e. The van der Waals surface area contributed by atoms with Crippen LogP contribution in [0, 0.1) is 0 Å². The fourth-order valence-electron chi connectivity index (χ4n) is 2.20. The van der Waals surface area contributed by atoms with E-state index in [1.165, 1.54) is 24.5 Å². The van der Waals surface area contributed by atoms with E-state index < -0.39 is 6.36 Å². The first kappa shape index (κ1) is 14.8. The van der Waals surface area contributed by atoms with E-state index in [0.29, 0.717) is 18.1 Å². The molecule has 0 amide bonds. The lowest BCUT2D eigenvalue weighted by molar-refractivity contribution is -0.306. The second kappa shape index (κ2) is 6.70. The molecule has 108 valence electrons. The predicted molar refractivity (Wildman–Crippen MR) is 70.9 cm³/mol. The van der Waals surface area contributed by atoms with Crippen LogP contribution in [0.4, 0.5) is 13.2 Å². The average molecular weight is 293 g/mol. The largest absolute Gasteiger partial charge is 0.572 e. The van der Waals surface area contributed by atoms with E-state index in [1.807, 2.05) is 11.8 Å². The molecule has 1 fully saturated rings. The minimum absolute atomic E-state index is 0.0168. The molecule has 0 aromatic heterocycles. The van der Waals surface area contributed by atoms with Crippen molar-refractivity contribution in [3.05, 3.63) is 23.5 Å². The fourth-order valence-corrected chi connectivity index (χ4v) is 3.46. The standard InChI is InChI=1S/C13H18F3NOS/c14-13(15,16)18-11-3-1-10(2-4-11)9-19-12-5-7-17-8-6-12/h1,3,12,17H,2,4-9H2. The Balaban J connectivity index is 1.76. The van der Waals surface area contributed by atoms with E-state index in [2.05, 4.69) is 10.1 Å². The second-order valence-electron chi connectivity index (χ2n) is 4.77. The summed E-state index contributed by atoms with van der Waals surface area (Å²) in [5.41, 5.74) is 1.21. The molecule has 0 radical (unpaired) electrons. The Kier molecular flexibility index (Phi) is 5.21. The van der Waals surface area contributed by atoms with Crippen molar-refractivity contribution >= 4 is 11.8 Å². The molecule has 0 unspecified atom stereocenters. The summed E-state index contributed by atoms with van der Waals surface area (Å²) in [5.74, 6) is 0.934. The number of halogens is 3. The molecule has 1 aliphatic heterocycles. The zero-order chi connectivity index (χ0) is 13.7. The first-order chi connectivity index (χ1) is 9.03. The molecule has 0 saturated carbocycles. The van der Waals surface area contributed by atoms with Gasteiger partial charge in [-0.05, 0) is 38.4 Å². The highest BCUT2D eigenvalue weighted by molar-refractivity contribution is 8.00. The lowest BCUT2D eigenvalue weighted by Crippen LogP contribution is -2.29. The molecule has 0 bridgehead atoms. The Bertz CT molecular complexity index is 359. The van der Waals surface area contributed by atoms with Crippen molar-refractivity contribution in [3.8, 4) is 0 Å². The molecule has 1 aliphatic carbocycles. The molecule has 2 aliphatic rings. The lowest BCUT2D eigenvalue weighted by Gasteiger charge is -2.23. The molecule has 1 N–H and O–H groups in total. The van der Waals surface area contributed by atoms with Crippen LogP contribution < -0.4 is 5.32 Å². The van der Waals surface area contributed by atoms with E-state index in [4.69, 9.17) is 0 Å². The maximum atomic E-state index is 12.0. The Hall–Kier alpha value is -0.620. The van der Waals surface area contributed by atoms with Crippen LogP contribution in [0.5, 0.6) is 0 Å². The summed E-state index contributed by atoms with van der Waals surface area (Å²) < 4.78 is 40.0. The van der Waals surface area contributed by atoms with Crippen LogP contribution in [0.1, 0.15) is 25.7 Å². The zero-order valence-electron chi connectivity index (χ0n) is 10.6. The molecular weight excluding hydrogens is 275 g/mol. The highest BCUT2D eigenvalue weighted by Gasteiger charge is 2.32. The summed E-state index contributed by atoms with van der Waals surface area (Å²) in [6, 6.07) is 0. The summed E-state index contributed by atoms with van der Waals surface area (Å²) in [7, 11) is 0. The van der Waals surface area contributed by atoms with Gasteiger partial charge in [0.05, 0.1) is 0 Å². The van der Waals surface area contributed by atoms with Crippen LogP contribution >= 0.6 is 11.8 Å². The molecule has 2 nitrogen and oxygen atoms in total. The van der Waals surface area contributed by atoms with Gasteiger partial charge in [0.25, 0.3) is 0 Å². The summed E-state index contributed by atoms with van der Waals surface area (Å²) >= 11 is 1.92. The molecule has 1 saturated heterocycles.